The van der Waals surface area contributed by atoms with Crippen LogP contribution in [0.25, 0.3) is 54.9 Å². The molecular weight excluding hydrogens is 499 g/mol. The third-order valence-corrected chi connectivity index (χ3v) is 7.12. The number of carbonyl (C=O) groups is 1. The zero-order chi connectivity index (χ0) is 26.4. The number of fused-ring (bicyclic) bond motifs is 2. The average molecular weight is 525 g/mol. The highest BCUT2D eigenvalue weighted by atomic mass is 32.1. The molecule has 0 saturated carbocycles. The van der Waals surface area contributed by atoms with E-state index in [2.05, 4.69) is 30.5 Å². The van der Waals surface area contributed by atoms with Crippen LogP contribution in [-0.4, -0.2) is 31.1 Å². The van der Waals surface area contributed by atoms with E-state index in [1.54, 1.807) is 24.7 Å². The second-order valence-electron chi connectivity index (χ2n) is 10.5. The zero-order valence-electron chi connectivity index (χ0n) is 21.1. The summed E-state index contributed by atoms with van der Waals surface area (Å²) in [5, 5.41) is 12.3. The quantitative estimate of drug-likeness (QED) is 0.219. The number of nitrogens with one attached hydrogen (secondary N) is 3. The van der Waals surface area contributed by atoms with E-state index in [-0.39, 0.29) is 16.5 Å². The first kappa shape index (κ1) is 24.0. The molecule has 0 saturated heterocycles. The van der Waals surface area contributed by atoms with Gasteiger partial charge in [-0.25, -0.2) is 0 Å². The molecule has 1 aromatic carbocycles. The molecule has 0 bridgehead atoms. The Morgan fingerprint density at radius 2 is 1.89 bits per heavy atom. The number of anilines is 1. The van der Waals surface area contributed by atoms with Gasteiger partial charge >= 0.3 is 0 Å². The third-order valence-electron chi connectivity index (χ3n) is 6.21. The third kappa shape index (κ3) is 4.68. The molecule has 0 spiro atoms. The number of benzene rings is 1. The predicted molar refractivity (Wildman–Crippen MR) is 150 cm³/mol. The molecule has 7 nitrogen and oxygen atoms in total. The van der Waals surface area contributed by atoms with Crippen molar-refractivity contribution in [2.75, 3.05) is 5.32 Å². The molecule has 0 unspecified atom stereocenters. The minimum Gasteiger partial charge on any atom is -0.353 e. The molecular formula is C29H25FN6OS. The number of thiophene rings is 1. The van der Waals surface area contributed by atoms with Gasteiger partial charge in [-0.15, -0.1) is 11.3 Å². The molecule has 5 heterocycles. The van der Waals surface area contributed by atoms with Crippen LogP contribution in [0.2, 0.25) is 0 Å². The molecule has 3 N–H and O–H groups in total. The number of pyridine rings is 2. The monoisotopic (exact) mass is 524 g/mol. The summed E-state index contributed by atoms with van der Waals surface area (Å²) in [7, 11) is 0. The molecule has 9 heteroatoms. The van der Waals surface area contributed by atoms with Crippen LogP contribution >= 0.6 is 11.3 Å². The van der Waals surface area contributed by atoms with E-state index < -0.39 is 0 Å². The molecule has 6 aromatic rings. The summed E-state index contributed by atoms with van der Waals surface area (Å²) in [6.45, 7) is 6.08. The predicted octanol–water partition coefficient (Wildman–Crippen LogP) is 7.41. The van der Waals surface area contributed by atoms with Crippen LogP contribution < -0.4 is 5.32 Å². The van der Waals surface area contributed by atoms with E-state index in [1.807, 2.05) is 57.2 Å². The Kier molecular flexibility index (Phi) is 5.80. The highest BCUT2D eigenvalue weighted by molar-refractivity contribution is 7.14. The van der Waals surface area contributed by atoms with Gasteiger partial charge in [0.05, 0.1) is 35.0 Å². The van der Waals surface area contributed by atoms with Crippen LogP contribution in [0.5, 0.6) is 0 Å². The lowest BCUT2D eigenvalue weighted by Crippen LogP contribution is -2.19. The van der Waals surface area contributed by atoms with Crippen LogP contribution in [0, 0.1) is 10.5 Å². The van der Waals surface area contributed by atoms with E-state index in [4.69, 9.17) is 0 Å². The van der Waals surface area contributed by atoms with Gasteiger partial charge < -0.3 is 10.3 Å². The number of amides is 1. The van der Waals surface area contributed by atoms with Crippen molar-refractivity contribution in [3.63, 3.8) is 0 Å². The Hall–Kier alpha value is -4.37. The molecule has 0 aliphatic carbocycles. The number of rotatable bonds is 5. The Morgan fingerprint density at radius 1 is 1.03 bits per heavy atom. The van der Waals surface area contributed by atoms with E-state index in [1.165, 1.54) is 6.07 Å². The molecule has 190 valence electrons. The number of nitrogens with zero attached hydrogens (tertiary/aromatic N) is 3. The zero-order valence-corrected chi connectivity index (χ0v) is 21.9. The lowest BCUT2D eigenvalue weighted by Gasteiger charge is -2.17. The fourth-order valence-corrected chi connectivity index (χ4v) is 5.34. The molecule has 0 fully saturated rings. The molecule has 0 radical (unpaired) electrons. The van der Waals surface area contributed by atoms with Gasteiger partial charge in [0.1, 0.15) is 5.69 Å². The summed E-state index contributed by atoms with van der Waals surface area (Å²) >= 11 is 1.13. The summed E-state index contributed by atoms with van der Waals surface area (Å²) in [6.07, 6.45) is 5.51. The Morgan fingerprint density at radius 3 is 2.68 bits per heavy atom. The molecule has 0 aliphatic rings. The Balaban J connectivity index is 1.36. The number of H-pyrrole nitrogens is 2. The van der Waals surface area contributed by atoms with Crippen molar-refractivity contribution in [1.82, 2.24) is 25.1 Å². The molecule has 0 atom stereocenters. The lowest BCUT2D eigenvalue weighted by molar-refractivity contribution is -0.117. The maximum absolute atomic E-state index is 13.7. The number of carbonyl (C=O) groups excluding carboxylic acids is 1. The topological polar surface area (TPSA) is 99.4 Å². The van der Waals surface area contributed by atoms with Gasteiger partial charge in [0.15, 0.2) is 5.13 Å². The van der Waals surface area contributed by atoms with Crippen molar-refractivity contribution in [3.05, 3.63) is 72.3 Å². The lowest BCUT2D eigenvalue weighted by atomic mass is 9.92. The fourth-order valence-electron chi connectivity index (χ4n) is 4.57. The van der Waals surface area contributed by atoms with Crippen LogP contribution in [0.3, 0.4) is 0 Å². The van der Waals surface area contributed by atoms with Crippen molar-refractivity contribution in [3.8, 4) is 33.1 Å². The van der Waals surface area contributed by atoms with Crippen LogP contribution in [0.15, 0.2) is 67.1 Å². The number of hydrogen-bond donors (Lipinski definition) is 3. The van der Waals surface area contributed by atoms with Gasteiger partial charge in [0, 0.05) is 44.9 Å². The van der Waals surface area contributed by atoms with Crippen LogP contribution in [0.1, 0.15) is 27.2 Å². The van der Waals surface area contributed by atoms with Crippen molar-refractivity contribution < 1.29 is 9.18 Å². The van der Waals surface area contributed by atoms with Gasteiger partial charge in [0.25, 0.3) is 0 Å². The van der Waals surface area contributed by atoms with Gasteiger partial charge in [-0.2, -0.15) is 9.49 Å². The maximum atomic E-state index is 13.7. The van der Waals surface area contributed by atoms with Crippen molar-refractivity contribution >= 4 is 44.7 Å². The minimum absolute atomic E-state index is 0.0551. The summed E-state index contributed by atoms with van der Waals surface area (Å²) in [5.41, 5.74) is 6.32. The van der Waals surface area contributed by atoms with Crippen molar-refractivity contribution in [2.45, 2.75) is 27.2 Å². The van der Waals surface area contributed by atoms with E-state index in [9.17, 15) is 9.18 Å². The van der Waals surface area contributed by atoms with Gasteiger partial charge in [-0.05, 0) is 41.8 Å². The number of halogens is 1. The largest absolute Gasteiger partial charge is 0.353 e. The highest BCUT2D eigenvalue weighted by Crippen LogP contribution is 2.37. The number of aromatic nitrogens is 5. The first-order valence-electron chi connectivity index (χ1n) is 12.2. The summed E-state index contributed by atoms with van der Waals surface area (Å²) in [4.78, 5) is 25.7. The van der Waals surface area contributed by atoms with Gasteiger partial charge in [-0.3, -0.25) is 19.9 Å². The fraction of sp³-hybridized carbons (Fsp3) is 0.172. The molecule has 6 rings (SSSR count). The maximum Gasteiger partial charge on any atom is 0.224 e. The summed E-state index contributed by atoms with van der Waals surface area (Å²) < 4.78 is 13.7. The summed E-state index contributed by atoms with van der Waals surface area (Å²) in [5.74, 6) is -0.0551. The minimum atomic E-state index is -0.210. The summed E-state index contributed by atoms with van der Waals surface area (Å²) in [6, 6.07) is 15.1. The first-order valence-corrected chi connectivity index (χ1v) is 13.0. The molecule has 0 aliphatic heterocycles. The molecule has 5 aromatic heterocycles. The Labute approximate surface area is 222 Å². The van der Waals surface area contributed by atoms with Crippen LogP contribution in [-0.2, 0) is 4.79 Å². The van der Waals surface area contributed by atoms with Gasteiger partial charge in [0.2, 0.25) is 5.91 Å². The van der Waals surface area contributed by atoms with Crippen molar-refractivity contribution in [1.29, 1.82) is 0 Å². The number of aromatic amines is 2. The molecule has 38 heavy (non-hydrogen) atoms. The van der Waals surface area contributed by atoms with Crippen molar-refractivity contribution in [2.24, 2.45) is 5.41 Å². The highest BCUT2D eigenvalue weighted by Gasteiger charge is 2.18. The normalized spacial score (nSPS) is 11.9. The van der Waals surface area contributed by atoms with Crippen LogP contribution in [0.4, 0.5) is 10.1 Å². The van der Waals surface area contributed by atoms with Gasteiger partial charge in [-0.1, -0.05) is 32.9 Å². The smallest absolute Gasteiger partial charge is 0.224 e. The van der Waals surface area contributed by atoms with E-state index in [0.29, 0.717) is 17.8 Å². The van der Waals surface area contributed by atoms with E-state index in [0.717, 1.165) is 60.5 Å². The second-order valence-corrected chi connectivity index (χ2v) is 11.5. The Bertz CT molecular complexity index is 1810. The standard InChI is InChI=1S/C29H25FN6OS/c1-29(2,3)12-27(37)33-17-9-16(13-31-14-17)22-11-20-24(15-32-22)35-36-28(20)23-10-19-18(5-4-6-21(19)34-23)25-7-8-26(30)38-25/h4-11,13-15,34H,12H2,1-3H3,(H,33,37)(H,35,36). The first-order chi connectivity index (χ1) is 18.2. The van der Waals surface area contributed by atoms with E-state index >= 15 is 0 Å². The second kappa shape index (κ2) is 9.18. The number of hydrogen-bond acceptors (Lipinski definition) is 5. The molecule has 1 amide bonds. The average Bonchev–Trinajstić information content (AvgIpc) is 3.60. The SMILES string of the molecule is CC(C)(C)CC(=O)Nc1cncc(-c2cc3c(-c4cc5c(-c6ccc(F)s6)cccc5[nH]4)n[nH]c3cn2)c1.